The lowest BCUT2D eigenvalue weighted by Crippen LogP contribution is -2.45. The Labute approximate surface area is 163 Å². The molecule has 28 heavy (non-hydrogen) atoms. The number of esters is 1. The molecule has 0 radical (unpaired) electrons. The van der Waals surface area contributed by atoms with E-state index in [9.17, 15) is 28.1 Å². The van der Waals surface area contributed by atoms with E-state index in [4.69, 9.17) is 4.74 Å². The van der Waals surface area contributed by atoms with Crippen molar-refractivity contribution in [2.75, 3.05) is 24.7 Å². The van der Waals surface area contributed by atoms with Crippen LogP contribution in [-0.4, -0.2) is 60.8 Å². The minimum Gasteiger partial charge on any atom is -0.455 e. The number of carbonyl (C=O) groups is 2. The molecular weight excluding hydrogens is 388 g/mol. The average Bonchev–Trinajstić information content (AvgIpc) is 2.97. The molecule has 9 nitrogen and oxygen atoms in total. The van der Waals surface area contributed by atoms with Gasteiger partial charge in [-0.1, -0.05) is 32.0 Å². The zero-order chi connectivity index (χ0) is 20.9. The third kappa shape index (κ3) is 6.01. The average molecular weight is 412 g/mol. The number of hydrogen-bond acceptors (Lipinski definition) is 7. The first-order valence-electron chi connectivity index (χ1n) is 8.97. The molecule has 0 spiro atoms. The molecule has 1 unspecified atom stereocenters. The topological polar surface area (TPSA) is 124 Å². The molecule has 2 rings (SSSR count). The number of nitro benzene ring substituents is 1. The third-order valence-corrected chi connectivity index (χ3v) is 6.16. The summed E-state index contributed by atoms with van der Waals surface area (Å²) in [5, 5.41) is 11.0. The van der Waals surface area contributed by atoms with Crippen LogP contribution in [0.5, 0.6) is 0 Å². The molecular formula is C18H24N2O7S. The van der Waals surface area contributed by atoms with Gasteiger partial charge in [0.05, 0.1) is 22.8 Å². The van der Waals surface area contributed by atoms with Crippen LogP contribution in [0.4, 0.5) is 5.69 Å². The second-order valence-corrected chi connectivity index (χ2v) is 9.45. The van der Waals surface area contributed by atoms with Crippen molar-refractivity contribution in [3.05, 3.63) is 39.9 Å². The lowest BCUT2D eigenvalue weighted by molar-refractivity contribution is -0.385. The highest BCUT2D eigenvalue weighted by Crippen LogP contribution is 2.20. The zero-order valence-corrected chi connectivity index (χ0v) is 16.7. The maximum Gasteiger partial charge on any atom is 0.311 e. The Balaban J connectivity index is 1.98. The van der Waals surface area contributed by atoms with Gasteiger partial charge in [-0.25, -0.2) is 8.42 Å². The molecule has 1 fully saturated rings. The van der Waals surface area contributed by atoms with Crippen LogP contribution in [0.3, 0.4) is 0 Å². The molecule has 0 aromatic heterocycles. The largest absolute Gasteiger partial charge is 0.455 e. The van der Waals surface area contributed by atoms with Crippen molar-refractivity contribution in [3.63, 3.8) is 0 Å². The number of hydrogen-bond donors (Lipinski definition) is 0. The minimum atomic E-state index is -3.16. The number of amides is 1. The minimum absolute atomic E-state index is 0.0387. The molecule has 1 aliphatic rings. The molecule has 1 aliphatic heterocycles. The summed E-state index contributed by atoms with van der Waals surface area (Å²) in [5.41, 5.74) is 0.00856. The van der Waals surface area contributed by atoms with E-state index in [-0.39, 0.29) is 35.1 Å². The Bertz CT molecular complexity index is 851. The van der Waals surface area contributed by atoms with E-state index in [1.54, 1.807) is 6.07 Å². The first-order chi connectivity index (χ1) is 13.1. The summed E-state index contributed by atoms with van der Waals surface area (Å²) >= 11 is 0. The molecule has 0 N–H and O–H groups in total. The van der Waals surface area contributed by atoms with E-state index >= 15 is 0 Å². The molecule has 0 bridgehead atoms. The highest BCUT2D eigenvalue weighted by Gasteiger charge is 2.35. The second kappa shape index (κ2) is 9.13. The van der Waals surface area contributed by atoms with E-state index in [1.165, 1.54) is 23.1 Å². The van der Waals surface area contributed by atoms with Gasteiger partial charge in [0.15, 0.2) is 16.4 Å². The van der Waals surface area contributed by atoms with Crippen molar-refractivity contribution in [3.8, 4) is 0 Å². The summed E-state index contributed by atoms with van der Waals surface area (Å²) < 4.78 is 28.5. The fourth-order valence-corrected chi connectivity index (χ4v) is 4.87. The number of nitrogens with zero attached hydrogens (tertiary/aromatic N) is 2. The molecule has 1 atom stereocenters. The standard InChI is InChI=1S/C18H24N2O7S/c1-13(2)10-19(15-7-8-28(25,26)12-15)17(21)11-27-18(22)9-14-5-3-4-6-16(14)20(23)24/h3-6,13,15H,7-12H2,1-2H3. The van der Waals surface area contributed by atoms with Gasteiger partial charge in [0.2, 0.25) is 0 Å². The van der Waals surface area contributed by atoms with E-state index < -0.39 is 39.3 Å². The number of carbonyl (C=O) groups excluding carboxylic acids is 2. The highest BCUT2D eigenvalue weighted by molar-refractivity contribution is 7.91. The molecule has 1 amide bonds. The van der Waals surface area contributed by atoms with Crippen molar-refractivity contribution in [2.24, 2.45) is 5.92 Å². The van der Waals surface area contributed by atoms with Gasteiger partial charge >= 0.3 is 5.97 Å². The van der Waals surface area contributed by atoms with Crippen molar-refractivity contribution < 1.29 is 27.7 Å². The van der Waals surface area contributed by atoms with Gasteiger partial charge in [-0.3, -0.25) is 19.7 Å². The zero-order valence-electron chi connectivity index (χ0n) is 15.9. The second-order valence-electron chi connectivity index (χ2n) is 7.22. The van der Waals surface area contributed by atoms with Crippen molar-refractivity contribution >= 4 is 27.4 Å². The van der Waals surface area contributed by atoms with Gasteiger partial charge in [-0.15, -0.1) is 0 Å². The molecule has 154 valence electrons. The first kappa shape index (κ1) is 21.8. The molecule has 1 aromatic rings. The fraction of sp³-hybridized carbons (Fsp3) is 0.556. The van der Waals surface area contributed by atoms with Crippen LogP contribution < -0.4 is 0 Å². The van der Waals surface area contributed by atoms with Crippen LogP contribution in [0, 0.1) is 16.0 Å². The van der Waals surface area contributed by atoms with Crippen LogP contribution in [0.25, 0.3) is 0 Å². The Kier molecular flexibility index (Phi) is 7.11. The van der Waals surface area contributed by atoms with Crippen LogP contribution >= 0.6 is 0 Å². The van der Waals surface area contributed by atoms with Gasteiger partial charge in [0.25, 0.3) is 11.6 Å². The van der Waals surface area contributed by atoms with Crippen LogP contribution in [0.1, 0.15) is 25.8 Å². The lowest BCUT2D eigenvalue weighted by atomic mass is 10.1. The van der Waals surface area contributed by atoms with E-state index in [0.717, 1.165) is 0 Å². The summed E-state index contributed by atoms with van der Waals surface area (Å²) in [7, 11) is -3.16. The molecule has 10 heteroatoms. The highest BCUT2D eigenvalue weighted by atomic mass is 32.2. The smallest absolute Gasteiger partial charge is 0.311 e. The van der Waals surface area contributed by atoms with Crippen molar-refractivity contribution in [2.45, 2.75) is 32.7 Å². The third-order valence-electron chi connectivity index (χ3n) is 4.41. The molecule has 1 saturated heterocycles. The Morgan fingerprint density at radius 2 is 2.00 bits per heavy atom. The number of sulfone groups is 1. The molecule has 1 aromatic carbocycles. The van der Waals surface area contributed by atoms with Crippen LogP contribution in [-0.2, 0) is 30.6 Å². The van der Waals surface area contributed by atoms with Crippen molar-refractivity contribution in [1.82, 2.24) is 4.90 Å². The van der Waals surface area contributed by atoms with E-state index in [0.29, 0.717) is 13.0 Å². The quantitative estimate of drug-likeness (QED) is 0.359. The van der Waals surface area contributed by atoms with Gasteiger partial charge in [0, 0.05) is 24.2 Å². The van der Waals surface area contributed by atoms with Crippen LogP contribution in [0.15, 0.2) is 24.3 Å². The number of rotatable bonds is 8. The fourth-order valence-electron chi connectivity index (χ4n) is 3.14. The van der Waals surface area contributed by atoms with Gasteiger partial charge in [-0.05, 0) is 12.3 Å². The maximum absolute atomic E-state index is 12.6. The van der Waals surface area contributed by atoms with Gasteiger partial charge < -0.3 is 9.64 Å². The summed E-state index contributed by atoms with van der Waals surface area (Å²) in [6.07, 6.45) is 0.0391. The van der Waals surface area contributed by atoms with E-state index in [2.05, 4.69) is 0 Å². The maximum atomic E-state index is 12.6. The molecule has 0 saturated carbocycles. The Hall–Kier alpha value is -2.49. The Morgan fingerprint density at radius 3 is 2.57 bits per heavy atom. The number of nitro groups is 1. The summed E-state index contributed by atoms with van der Waals surface area (Å²) in [5.74, 6) is -1.15. The van der Waals surface area contributed by atoms with Crippen molar-refractivity contribution in [1.29, 1.82) is 0 Å². The SMILES string of the molecule is CC(C)CN(C(=O)COC(=O)Cc1ccccc1[N+](=O)[O-])C1CCS(=O)(=O)C1. The number of para-hydroxylation sites is 1. The Morgan fingerprint density at radius 1 is 1.32 bits per heavy atom. The van der Waals surface area contributed by atoms with Gasteiger partial charge in [0.1, 0.15) is 0 Å². The normalized spacial score (nSPS) is 18.0. The van der Waals surface area contributed by atoms with E-state index in [1.807, 2.05) is 13.8 Å². The summed E-state index contributed by atoms with van der Waals surface area (Å²) in [4.78, 5) is 36.5. The molecule has 1 heterocycles. The predicted octanol–water partition coefficient (Wildman–Crippen LogP) is 1.35. The summed E-state index contributed by atoms with van der Waals surface area (Å²) in [6.45, 7) is 3.65. The van der Waals surface area contributed by atoms with Gasteiger partial charge in [-0.2, -0.15) is 0 Å². The number of ether oxygens (including phenoxy) is 1. The molecule has 0 aliphatic carbocycles. The van der Waals surface area contributed by atoms with Crippen LogP contribution in [0.2, 0.25) is 0 Å². The summed E-state index contributed by atoms with van der Waals surface area (Å²) in [6, 6.07) is 5.39. The lowest BCUT2D eigenvalue weighted by Gasteiger charge is -2.29. The number of benzene rings is 1. The monoisotopic (exact) mass is 412 g/mol. The predicted molar refractivity (Wildman–Crippen MR) is 101 cm³/mol. The first-order valence-corrected chi connectivity index (χ1v) is 10.8.